The van der Waals surface area contributed by atoms with Crippen LogP contribution in [0.4, 0.5) is 0 Å². The average molecular weight is 321 g/mol. The van der Waals surface area contributed by atoms with Gasteiger partial charge in [-0.1, -0.05) is 35.7 Å². The van der Waals surface area contributed by atoms with Crippen molar-refractivity contribution >= 4 is 10.0 Å². The molecule has 0 aliphatic carbocycles. The van der Waals surface area contributed by atoms with Crippen molar-refractivity contribution in [3.63, 3.8) is 0 Å². The zero-order valence-corrected chi connectivity index (χ0v) is 13.3. The van der Waals surface area contributed by atoms with E-state index in [1.165, 1.54) is 10.7 Å². The molecular formula is C15H19N3O3S. The van der Waals surface area contributed by atoms with Gasteiger partial charge in [0.1, 0.15) is 0 Å². The van der Waals surface area contributed by atoms with Gasteiger partial charge < -0.3 is 4.52 Å². The summed E-state index contributed by atoms with van der Waals surface area (Å²) < 4.78 is 32.3. The average Bonchev–Trinajstić information content (AvgIpc) is 2.91. The van der Waals surface area contributed by atoms with Crippen LogP contribution in [0.2, 0.25) is 0 Å². The molecule has 6 nitrogen and oxygen atoms in total. The molecule has 2 aromatic rings. The Bertz CT molecular complexity index is 711. The number of benzene rings is 1. The number of sulfonamides is 1. The molecule has 0 spiro atoms. The van der Waals surface area contributed by atoms with Crippen molar-refractivity contribution in [1.29, 1.82) is 0 Å². The van der Waals surface area contributed by atoms with E-state index in [0.717, 1.165) is 24.8 Å². The molecule has 7 heteroatoms. The van der Waals surface area contributed by atoms with Gasteiger partial charge in [-0.15, -0.1) is 0 Å². The Morgan fingerprint density at radius 2 is 1.95 bits per heavy atom. The van der Waals surface area contributed by atoms with Crippen LogP contribution in [0, 0.1) is 6.92 Å². The fourth-order valence-corrected chi connectivity index (χ4v) is 4.45. The maximum atomic E-state index is 13.0. The topological polar surface area (TPSA) is 76.3 Å². The molecule has 1 aliphatic heterocycles. The molecule has 1 unspecified atom stereocenters. The SMILES string of the molecule is Cc1ccc(S(=O)(=O)N2CCCCCC2c2ncon2)cc1. The first-order chi connectivity index (χ1) is 10.6. The van der Waals surface area contributed by atoms with Gasteiger partial charge in [-0.05, 0) is 31.9 Å². The highest BCUT2D eigenvalue weighted by Crippen LogP contribution is 2.33. The van der Waals surface area contributed by atoms with Gasteiger partial charge in [0.15, 0.2) is 5.82 Å². The molecule has 0 bridgehead atoms. The Labute approximate surface area is 130 Å². The van der Waals surface area contributed by atoms with Gasteiger partial charge in [-0.3, -0.25) is 0 Å². The summed E-state index contributed by atoms with van der Waals surface area (Å²) in [5, 5.41) is 3.86. The molecule has 1 atom stereocenters. The molecule has 1 aromatic carbocycles. The maximum Gasteiger partial charge on any atom is 0.243 e. The molecule has 1 aromatic heterocycles. The number of aromatic nitrogens is 2. The van der Waals surface area contributed by atoms with Gasteiger partial charge in [0.25, 0.3) is 0 Å². The number of nitrogens with zero attached hydrogens (tertiary/aromatic N) is 3. The van der Waals surface area contributed by atoms with Crippen molar-refractivity contribution < 1.29 is 12.9 Å². The van der Waals surface area contributed by atoms with Crippen LogP contribution in [0.25, 0.3) is 0 Å². The van der Waals surface area contributed by atoms with Crippen LogP contribution in [0.3, 0.4) is 0 Å². The minimum atomic E-state index is -3.57. The predicted octanol–water partition coefficient (Wildman–Crippen LogP) is 2.68. The molecule has 1 saturated heterocycles. The minimum Gasteiger partial charge on any atom is -0.343 e. The normalized spacial score (nSPS) is 20.7. The summed E-state index contributed by atoms with van der Waals surface area (Å²) in [5.41, 5.74) is 1.03. The van der Waals surface area contributed by atoms with Crippen LogP contribution in [0.5, 0.6) is 0 Å². The zero-order valence-electron chi connectivity index (χ0n) is 12.5. The molecule has 22 heavy (non-hydrogen) atoms. The third-order valence-corrected chi connectivity index (χ3v) is 5.93. The Balaban J connectivity index is 1.99. The summed E-state index contributed by atoms with van der Waals surface area (Å²) in [6, 6.07) is 6.58. The van der Waals surface area contributed by atoms with E-state index >= 15 is 0 Å². The van der Waals surface area contributed by atoms with E-state index in [1.54, 1.807) is 12.1 Å². The summed E-state index contributed by atoms with van der Waals surface area (Å²) in [6.45, 7) is 2.42. The van der Waals surface area contributed by atoms with E-state index in [2.05, 4.69) is 10.1 Å². The van der Waals surface area contributed by atoms with E-state index in [1.807, 2.05) is 19.1 Å². The number of aryl methyl sites for hydroxylation is 1. The Kier molecular flexibility index (Phi) is 4.26. The number of rotatable bonds is 3. The molecule has 0 N–H and O–H groups in total. The van der Waals surface area contributed by atoms with Crippen molar-refractivity contribution in [2.45, 2.75) is 43.5 Å². The van der Waals surface area contributed by atoms with Crippen LogP contribution in [-0.2, 0) is 10.0 Å². The van der Waals surface area contributed by atoms with Crippen molar-refractivity contribution in [2.75, 3.05) is 6.54 Å². The lowest BCUT2D eigenvalue weighted by atomic mass is 10.1. The molecule has 1 aliphatic rings. The van der Waals surface area contributed by atoms with E-state index in [-0.39, 0.29) is 6.04 Å². The van der Waals surface area contributed by atoms with E-state index in [0.29, 0.717) is 23.7 Å². The molecule has 118 valence electrons. The summed E-state index contributed by atoms with van der Waals surface area (Å²) in [5.74, 6) is 0.442. The molecule has 0 saturated carbocycles. The smallest absolute Gasteiger partial charge is 0.243 e. The Morgan fingerprint density at radius 3 is 2.64 bits per heavy atom. The molecule has 0 radical (unpaired) electrons. The minimum absolute atomic E-state index is 0.313. The standard InChI is InChI=1S/C15H19N3O3S/c1-12-6-8-13(9-7-12)22(19,20)18-10-4-2-3-5-14(18)15-16-11-21-17-15/h6-9,11,14H,2-5,10H2,1H3. The first kappa shape index (κ1) is 15.2. The summed E-state index contributed by atoms with van der Waals surface area (Å²) in [4.78, 5) is 4.38. The van der Waals surface area contributed by atoms with E-state index < -0.39 is 10.0 Å². The quantitative estimate of drug-likeness (QED) is 0.868. The van der Waals surface area contributed by atoms with Crippen molar-refractivity contribution in [3.05, 3.63) is 42.0 Å². The van der Waals surface area contributed by atoms with Gasteiger partial charge >= 0.3 is 0 Å². The predicted molar refractivity (Wildman–Crippen MR) is 80.6 cm³/mol. The zero-order chi connectivity index (χ0) is 15.6. The maximum absolute atomic E-state index is 13.0. The number of hydrogen-bond acceptors (Lipinski definition) is 5. The van der Waals surface area contributed by atoms with Gasteiger partial charge in [0, 0.05) is 6.54 Å². The highest BCUT2D eigenvalue weighted by Gasteiger charge is 2.35. The van der Waals surface area contributed by atoms with Crippen molar-refractivity contribution in [2.24, 2.45) is 0 Å². The van der Waals surface area contributed by atoms with Crippen LogP contribution < -0.4 is 0 Å². The van der Waals surface area contributed by atoms with Crippen molar-refractivity contribution in [3.8, 4) is 0 Å². The van der Waals surface area contributed by atoms with Crippen LogP contribution in [-0.4, -0.2) is 29.4 Å². The highest BCUT2D eigenvalue weighted by atomic mass is 32.2. The summed E-state index contributed by atoms with van der Waals surface area (Å²) in [6.07, 6.45) is 4.77. The van der Waals surface area contributed by atoms with E-state index in [9.17, 15) is 8.42 Å². The van der Waals surface area contributed by atoms with Crippen LogP contribution in [0.1, 0.15) is 43.1 Å². The lowest BCUT2D eigenvalue weighted by molar-refractivity contribution is 0.304. The number of hydrogen-bond donors (Lipinski definition) is 0. The second-order valence-corrected chi connectivity index (χ2v) is 7.47. The third-order valence-electron chi connectivity index (χ3n) is 4.01. The molecule has 3 rings (SSSR count). The summed E-state index contributed by atoms with van der Waals surface area (Å²) >= 11 is 0. The first-order valence-electron chi connectivity index (χ1n) is 7.44. The Hall–Kier alpha value is -1.73. The fourth-order valence-electron chi connectivity index (χ4n) is 2.80. The second-order valence-electron chi connectivity index (χ2n) is 5.58. The van der Waals surface area contributed by atoms with Gasteiger partial charge in [-0.2, -0.15) is 9.29 Å². The third kappa shape index (κ3) is 2.91. The highest BCUT2D eigenvalue weighted by molar-refractivity contribution is 7.89. The fraction of sp³-hybridized carbons (Fsp3) is 0.467. The van der Waals surface area contributed by atoms with Crippen LogP contribution in [0.15, 0.2) is 40.1 Å². The van der Waals surface area contributed by atoms with Gasteiger partial charge in [0.05, 0.1) is 10.9 Å². The second kappa shape index (κ2) is 6.18. The molecular weight excluding hydrogens is 302 g/mol. The van der Waals surface area contributed by atoms with Crippen molar-refractivity contribution in [1.82, 2.24) is 14.4 Å². The molecule has 1 fully saturated rings. The van der Waals surface area contributed by atoms with E-state index in [4.69, 9.17) is 4.52 Å². The van der Waals surface area contributed by atoms with Gasteiger partial charge in [-0.25, -0.2) is 8.42 Å². The monoisotopic (exact) mass is 321 g/mol. The Morgan fingerprint density at radius 1 is 1.18 bits per heavy atom. The molecule has 0 amide bonds. The largest absolute Gasteiger partial charge is 0.343 e. The molecule has 2 heterocycles. The van der Waals surface area contributed by atoms with Crippen LogP contribution >= 0.6 is 0 Å². The van der Waals surface area contributed by atoms with Gasteiger partial charge in [0.2, 0.25) is 16.4 Å². The lowest BCUT2D eigenvalue weighted by Crippen LogP contribution is -2.35. The lowest BCUT2D eigenvalue weighted by Gasteiger charge is -2.26. The summed E-state index contributed by atoms with van der Waals surface area (Å²) in [7, 11) is -3.57. The first-order valence-corrected chi connectivity index (χ1v) is 8.88.